The molecule has 8 nitrogen and oxygen atoms in total. The lowest BCUT2D eigenvalue weighted by Gasteiger charge is -2.14. The quantitative estimate of drug-likeness (QED) is 0.399. The molecule has 4 heterocycles. The van der Waals surface area contributed by atoms with Gasteiger partial charge in [-0.15, -0.1) is 5.10 Å². The molecule has 1 aliphatic heterocycles. The summed E-state index contributed by atoms with van der Waals surface area (Å²) in [5, 5.41) is 16.2. The third-order valence-corrected chi connectivity index (χ3v) is 6.16. The average molecular weight is 457 g/mol. The van der Waals surface area contributed by atoms with Crippen LogP contribution in [0.15, 0.2) is 82.4 Å². The number of nitrogens with zero attached hydrogens (tertiary/aromatic N) is 6. The van der Waals surface area contributed by atoms with E-state index in [2.05, 4.69) is 20.7 Å². The summed E-state index contributed by atoms with van der Waals surface area (Å²) < 4.78 is 9.01. The van der Waals surface area contributed by atoms with Crippen LogP contribution in [0.3, 0.4) is 0 Å². The summed E-state index contributed by atoms with van der Waals surface area (Å²) in [6.45, 7) is 0. The number of benzene rings is 2. The standard InChI is InChI=1S/C24H17ClN6O2/c25-17-6-8-21(30-14-26-28-29-30)19(12-17)16-10-18-7-9-22(31(18)24(32)11-16)23-13-20(27-33-23)15-4-2-1-3-5-15/h1-6,8,10-14,22H,7,9H2. The van der Waals surface area contributed by atoms with Crippen LogP contribution >= 0.6 is 11.6 Å². The number of tetrazole rings is 1. The summed E-state index contributed by atoms with van der Waals surface area (Å²) in [6, 6.07) is 20.6. The minimum absolute atomic E-state index is 0.106. The van der Waals surface area contributed by atoms with Crippen molar-refractivity contribution in [1.82, 2.24) is 29.9 Å². The molecule has 162 valence electrons. The molecule has 0 spiro atoms. The van der Waals surface area contributed by atoms with Crippen LogP contribution in [0.2, 0.25) is 5.02 Å². The molecule has 0 saturated heterocycles. The molecule has 0 bridgehead atoms. The third kappa shape index (κ3) is 3.44. The van der Waals surface area contributed by atoms with Crippen molar-refractivity contribution in [2.75, 3.05) is 0 Å². The van der Waals surface area contributed by atoms with Gasteiger partial charge >= 0.3 is 0 Å². The van der Waals surface area contributed by atoms with Crippen molar-refractivity contribution in [2.24, 2.45) is 0 Å². The van der Waals surface area contributed by atoms with E-state index in [1.165, 1.54) is 6.33 Å². The minimum Gasteiger partial charge on any atom is -0.359 e. The van der Waals surface area contributed by atoms with E-state index in [9.17, 15) is 4.79 Å². The highest BCUT2D eigenvalue weighted by Gasteiger charge is 2.29. The molecule has 0 radical (unpaired) electrons. The summed E-state index contributed by atoms with van der Waals surface area (Å²) in [5.41, 5.74) is 4.85. The Balaban J connectivity index is 1.40. The summed E-state index contributed by atoms with van der Waals surface area (Å²) in [6.07, 6.45) is 3.02. The van der Waals surface area contributed by atoms with Crippen LogP contribution in [0.4, 0.5) is 0 Å². The number of hydrogen-bond acceptors (Lipinski definition) is 6. The normalized spacial score (nSPS) is 15.0. The Morgan fingerprint density at radius 2 is 1.88 bits per heavy atom. The number of rotatable bonds is 4. The van der Waals surface area contributed by atoms with E-state index in [0.717, 1.165) is 46.6 Å². The molecule has 1 unspecified atom stereocenters. The number of aromatic nitrogens is 6. The topological polar surface area (TPSA) is 91.6 Å². The summed E-state index contributed by atoms with van der Waals surface area (Å²) in [5.74, 6) is 0.680. The predicted molar refractivity (Wildman–Crippen MR) is 122 cm³/mol. The van der Waals surface area contributed by atoms with Gasteiger partial charge in [-0.3, -0.25) is 4.79 Å². The molecule has 1 aliphatic rings. The molecular formula is C24H17ClN6O2. The first kappa shape index (κ1) is 19.6. The van der Waals surface area contributed by atoms with E-state index < -0.39 is 0 Å². The van der Waals surface area contributed by atoms with Crippen LogP contribution in [0.25, 0.3) is 28.1 Å². The van der Waals surface area contributed by atoms with Crippen LogP contribution in [-0.2, 0) is 6.42 Å². The van der Waals surface area contributed by atoms with Crippen molar-refractivity contribution < 1.29 is 4.52 Å². The highest BCUT2D eigenvalue weighted by Crippen LogP contribution is 2.35. The predicted octanol–water partition coefficient (Wildman–Crippen LogP) is 4.34. The van der Waals surface area contributed by atoms with Crippen LogP contribution in [0, 0.1) is 0 Å². The third-order valence-electron chi connectivity index (χ3n) is 5.93. The zero-order valence-electron chi connectivity index (χ0n) is 17.3. The molecule has 3 aromatic heterocycles. The smallest absolute Gasteiger partial charge is 0.252 e. The fourth-order valence-electron chi connectivity index (χ4n) is 4.42. The van der Waals surface area contributed by atoms with Crippen molar-refractivity contribution in [3.63, 3.8) is 0 Å². The van der Waals surface area contributed by atoms with Crippen molar-refractivity contribution in [2.45, 2.75) is 18.9 Å². The van der Waals surface area contributed by atoms with Gasteiger partial charge in [0.1, 0.15) is 12.0 Å². The molecule has 33 heavy (non-hydrogen) atoms. The fraction of sp³-hybridized carbons (Fsp3) is 0.125. The van der Waals surface area contributed by atoms with E-state index >= 15 is 0 Å². The highest BCUT2D eigenvalue weighted by molar-refractivity contribution is 6.31. The van der Waals surface area contributed by atoms with Crippen molar-refractivity contribution in [3.8, 4) is 28.1 Å². The molecular weight excluding hydrogens is 440 g/mol. The maximum Gasteiger partial charge on any atom is 0.252 e. The Morgan fingerprint density at radius 3 is 2.70 bits per heavy atom. The number of aryl methyl sites for hydroxylation is 1. The van der Waals surface area contributed by atoms with Gasteiger partial charge in [-0.2, -0.15) is 4.68 Å². The van der Waals surface area contributed by atoms with Crippen LogP contribution in [0.1, 0.15) is 23.9 Å². The van der Waals surface area contributed by atoms with Crippen molar-refractivity contribution in [3.05, 3.63) is 99.9 Å². The maximum atomic E-state index is 13.3. The van der Waals surface area contributed by atoms with Gasteiger partial charge in [-0.25, -0.2) is 0 Å². The Kier molecular flexibility index (Phi) is 4.66. The first-order valence-corrected chi connectivity index (χ1v) is 10.9. The number of halogens is 1. The molecule has 0 N–H and O–H groups in total. The molecule has 0 saturated carbocycles. The second-order valence-electron chi connectivity index (χ2n) is 7.89. The van der Waals surface area contributed by atoms with E-state index in [4.69, 9.17) is 16.1 Å². The summed E-state index contributed by atoms with van der Waals surface area (Å²) in [7, 11) is 0. The lowest BCUT2D eigenvalue weighted by molar-refractivity contribution is 0.347. The van der Waals surface area contributed by atoms with E-state index in [-0.39, 0.29) is 11.6 Å². The molecule has 5 aromatic rings. The zero-order valence-corrected chi connectivity index (χ0v) is 18.1. The second-order valence-corrected chi connectivity index (χ2v) is 8.33. The molecule has 0 amide bonds. The highest BCUT2D eigenvalue weighted by atomic mass is 35.5. The fourth-order valence-corrected chi connectivity index (χ4v) is 4.59. The lowest BCUT2D eigenvalue weighted by atomic mass is 10.0. The first-order chi connectivity index (χ1) is 16.2. The number of fused-ring (bicyclic) bond motifs is 1. The van der Waals surface area contributed by atoms with Crippen LogP contribution in [0.5, 0.6) is 0 Å². The van der Waals surface area contributed by atoms with Gasteiger partial charge in [0, 0.05) is 34.0 Å². The number of hydrogen-bond donors (Lipinski definition) is 0. The van der Waals surface area contributed by atoms with Gasteiger partial charge in [-0.05, 0) is 53.1 Å². The Bertz CT molecular complexity index is 1510. The Hall–Kier alpha value is -4.04. The van der Waals surface area contributed by atoms with Crippen LogP contribution in [-0.4, -0.2) is 29.9 Å². The molecule has 2 aromatic carbocycles. The SMILES string of the molecule is O=c1cc(-c2cc(Cl)ccc2-n2cnnn2)cc2n1C(c1cc(-c3ccccc3)no1)CC2. The van der Waals surface area contributed by atoms with Crippen molar-refractivity contribution in [1.29, 1.82) is 0 Å². The van der Waals surface area contributed by atoms with Gasteiger partial charge in [0.2, 0.25) is 0 Å². The van der Waals surface area contributed by atoms with Crippen LogP contribution < -0.4 is 5.56 Å². The molecule has 6 rings (SSSR count). The maximum absolute atomic E-state index is 13.3. The molecule has 0 aliphatic carbocycles. The van der Waals surface area contributed by atoms with E-state index in [1.807, 2.05) is 54.6 Å². The molecule has 1 atom stereocenters. The van der Waals surface area contributed by atoms with Gasteiger partial charge in [-0.1, -0.05) is 47.1 Å². The monoisotopic (exact) mass is 456 g/mol. The summed E-state index contributed by atoms with van der Waals surface area (Å²) >= 11 is 6.28. The van der Waals surface area contributed by atoms with Gasteiger partial charge in [0.15, 0.2) is 5.76 Å². The summed E-state index contributed by atoms with van der Waals surface area (Å²) in [4.78, 5) is 13.3. The zero-order chi connectivity index (χ0) is 22.4. The van der Waals surface area contributed by atoms with Gasteiger partial charge in [0.25, 0.3) is 5.56 Å². The number of pyridine rings is 1. The lowest BCUT2D eigenvalue weighted by Crippen LogP contribution is -2.23. The minimum atomic E-state index is -0.190. The van der Waals surface area contributed by atoms with E-state index in [0.29, 0.717) is 10.8 Å². The molecule has 0 fully saturated rings. The Labute approximate surface area is 193 Å². The average Bonchev–Trinajstić information content (AvgIpc) is 3.60. The van der Waals surface area contributed by atoms with Gasteiger partial charge in [0.05, 0.1) is 11.7 Å². The largest absolute Gasteiger partial charge is 0.359 e. The van der Waals surface area contributed by atoms with Gasteiger partial charge < -0.3 is 9.09 Å². The molecule has 9 heteroatoms. The van der Waals surface area contributed by atoms with E-state index in [1.54, 1.807) is 21.4 Å². The Morgan fingerprint density at radius 1 is 1.00 bits per heavy atom. The first-order valence-electron chi connectivity index (χ1n) is 10.5. The second kappa shape index (κ2) is 7.83. The van der Waals surface area contributed by atoms with Crippen molar-refractivity contribution >= 4 is 11.6 Å².